The number of nitriles is 1. The Morgan fingerprint density at radius 2 is 1.80 bits per heavy atom. The number of hydrogen-bond donors (Lipinski definition) is 0. The van der Waals surface area contributed by atoms with Crippen LogP contribution in [0.25, 0.3) is 6.08 Å². The predicted octanol–water partition coefficient (Wildman–Crippen LogP) is 3.49. The number of hydrogen-bond acceptors (Lipinski definition) is 3. The standard InChI is InChI=1S/C17H13NO2/c18-11-15(10-14-6-2-1-3-7-14)13-20-17-9-5-4-8-16(17)12-19/h1-10,12H,13H2/b15-10+. The summed E-state index contributed by atoms with van der Waals surface area (Å²) < 4.78 is 5.53. The van der Waals surface area contributed by atoms with Gasteiger partial charge in [0.15, 0.2) is 6.29 Å². The van der Waals surface area contributed by atoms with Gasteiger partial charge in [-0.15, -0.1) is 0 Å². The highest BCUT2D eigenvalue weighted by molar-refractivity contribution is 5.79. The van der Waals surface area contributed by atoms with E-state index < -0.39 is 0 Å². The number of carbonyl (C=O) groups is 1. The minimum Gasteiger partial charge on any atom is -0.487 e. The first-order chi connectivity index (χ1) is 9.83. The number of para-hydroxylation sites is 1. The van der Waals surface area contributed by atoms with Crippen molar-refractivity contribution in [3.8, 4) is 11.8 Å². The van der Waals surface area contributed by atoms with Crippen molar-refractivity contribution in [2.45, 2.75) is 0 Å². The minimum absolute atomic E-state index is 0.135. The van der Waals surface area contributed by atoms with Gasteiger partial charge >= 0.3 is 0 Å². The second-order valence-electron chi connectivity index (χ2n) is 4.14. The zero-order valence-corrected chi connectivity index (χ0v) is 10.8. The molecule has 0 N–H and O–H groups in total. The molecule has 0 heterocycles. The Kier molecular flexibility index (Phi) is 4.69. The maximum absolute atomic E-state index is 10.9. The van der Waals surface area contributed by atoms with Crippen LogP contribution in [0, 0.1) is 11.3 Å². The lowest BCUT2D eigenvalue weighted by molar-refractivity contribution is 0.112. The molecule has 98 valence electrons. The molecule has 0 fully saturated rings. The van der Waals surface area contributed by atoms with Gasteiger partial charge in [0.1, 0.15) is 12.4 Å². The summed E-state index contributed by atoms with van der Waals surface area (Å²) in [4.78, 5) is 10.9. The van der Waals surface area contributed by atoms with E-state index in [9.17, 15) is 4.79 Å². The number of carbonyl (C=O) groups excluding carboxylic acids is 1. The van der Waals surface area contributed by atoms with Crippen molar-refractivity contribution in [1.82, 2.24) is 0 Å². The van der Waals surface area contributed by atoms with Crippen molar-refractivity contribution in [2.75, 3.05) is 6.61 Å². The van der Waals surface area contributed by atoms with Crippen LogP contribution in [0.4, 0.5) is 0 Å². The Morgan fingerprint density at radius 3 is 2.50 bits per heavy atom. The molecule has 0 unspecified atom stereocenters. The molecule has 3 nitrogen and oxygen atoms in total. The smallest absolute Gasteiger partial charge is 0.153 e. The second-order valence-corrected chi connectivity index (χ2v) is 4.14. The van der Waals surface area contributed by atoms with Crippen LogP contribution in [0.3, 0.4) is 0 Å². The van der Waals surface area contributed by atoms with Gasteiger partial charge in [-0.05, 0) is 23.8 Å². The lowest BCUT2D eigenvalue weighted by Gasteiger charge is -2.07. The van der Waals surface area contributed by atoms with Gasteiger partial charge in [-0.3, -0.25) is 4.79 Å². The molecular formula is C17H13NO2. The van der Waals surface area contributed by atoms with Gasteiger partial charge < -0.3 is 4.74 Å². The first-order valence-electron chi connectivity index (χ1n) is 6.16. The molecular weight excluding hydrogens is 250 g/mol. The number of nitrogens with zero attached hydrogens (tertiary/aromatic N) is 1. The molecule has 0 aliphatic carbocycles. The van der Waals surface area contributed by atoms with Crippen LogP contribution in [0.15, 0.2) is 60.2 Å². The van der Waals surface area contributed by atoms with Gasteiger partial charge in [0.25, 0.3) is 0 Å². The molecule has 0 saturated heterocycles. The van der Waals surface area contributed by atoms with E-state index in [1.54, 1.807) is 30.3 Å². The molecule has 0 aliphatic rings. The van der Waals surface area contributed by atoms with Gasteiger partial charge in [0.05, 0.1) is 17.2 Å². The van der Waals surface area contributed by atoms with Gasteiger partial charge in [-0.2, -0.15) is 5.26 Å². The van der Waals surface area contributed by atoms with E-state index in [4.69, 9.17) is 10.00 Å². The maximum atomic E-state index is 10.9. The van der Waals surface area contributed by atoms with E-state index in [0.717, 1.165) is 11.8 Å². The normalized spacial score (nSPS) is 10.7. The molecule has 0 atom stereocenters. The highest BCUT2D eigenvalue weighted by Gasteiger charge is 2.03. The van der Waals surface area contributed by atoms with Crippen LogP contribution >= 0.6 is 0 Å². The lowest BCUT2D eigenvalue weighted by atomic mass is 10.1. The molecule has 20 heavy (non-hydrogen) atoms. The summed E-state index contributed by atoms with van der Waals surface area (Å²) in [6.45, 7) is 0.135. The molecule has 0 radical (unpaired) electrons. The van der Waals surface area contributed by atoms with E-state index in [2.05, 4.69) is 6.07 Å². The summed E-state index contributed by atoms with van der Waals surface area (Å²) in [6.07, 6.45) is 2.51. The number of rotatable bonds is 5. The predicted molar refractivity (Wildman–Crippen MR) is 77.4 cm³/mol. The van der Waals surface area contributed by atoms with Crippen LogP contribution in [0.2, 0.25) is 0 Å². The minimum atomic E-state index is 0.135. The highest BCUT2D eigenvalue weighted by Crippen LogP contribution is 2.17. The Hall–Kier alpha value is -2.86. The van der Waals surface area contributed by atoms with Gasteiger partial charge in [-0.25, -0.2) is 0 Å². The monoisotopic (exact) mass is 263 g/mol. The van der Waals surface area contributed by atoms with E-state index in [0.29, 0.717) is 16.9 Å². The molecule has 0 saturated carbocycles. The van der Waals surface area contributed by atoms with E-state index in [1.807, 2.05) is 30.3 Å². The lowest BCUT2D eigenvalue weighted by Crippen LogP contribution is -2.01. The van der Waals surface area contributed by atoms with Crippen LogP contribution in [-0.2, 0) is 0 Å². The van der Waals surface area contributed by atoms with Gasteiger partial charge in [-0.1, -0.05) is 42.5 Å². The summed E-state index contributed by atoms with van der Waals surface area (Å²) in [5, 5.41) is 9.12. The summed E-state index contributed by atoms with van der Waals surface area (Å²) in [7, 11) is 0. The van der Waals surface area contributed by atoms with Gasteiger partial charge in [0.2, 0.25) is 0 Å². The average molecular weight is 263 g/mol. The maximum Gasteiger partial charge on any atom is 0.153 e. The first kappa shape index (κ1) is 13.6. The summed E-state index contributed by atoms with van der Waals surface area (Å²) in [5.41, 5.74) is 1.91. The topological polar surface area (TPSA) is 50.1 Å². The molecule has 2 aromatic rings. The van der Waals surface area contributed by atoms with E-state index in [1.165, 1.54) is 0 Å². The number of ether oxygens (including phenoxy) is 1. The molecule has 0 spiro atoms. The van der Waals surface area contributed by atoms with Crippen molar-refractivity contribution < 1.29 is 9.53 Å². The van der Waals surface area contributed by atoms with Crippen molar-refractivity contribution in [1.29, 1.82) is 5.26 Å². The third kappa shape index (κ3) is 3.56. The highest BCUT2D eigenvalue weighted by atomic mass is 16.5. The summed E-state index contributed by atoms with van der Waals surface area (Å²) in [6, 6.07) is 18.6. The van der Waals surface area contributed by atoms with Crippen molar-refractivity contribution in [3.05, 3.63) is 71.3 Å². The van der Waals surface area contributed by atoms with E-state index in [-0.39, 0.29) is 6.61 Å². The first-order valence-corrected chi connectivity index (χ1v) is 6.16. The SMILES string of the molecule is N#C/C(=C\c1ccccc1)COc1ccccc1C=O. The summed E-state index contributed by atoms with van der Waals surface area (Å²) >= 11 is 0. The van der Waals surface area contributed by atoms with Crippen molar-refractivity contribution in [3.63, 3.8) is 0 Å². The molecule has 0 aromatic heterocycles. The third-order valence-electron chi connectivity index (χ3n) is 2.71. The van der Waals surface area contributed by atoms with Crippen LogP contribution in [0.5, 0.6) is 5.75 Å². The Balaban J connectivity index is 2.10. The van der Waals surface area contributed by atoms with E-state index >= 15 is 0 Å². The molecule has 3 heteroatoms. The summed E-state index contributed by atoms with van der Waals surface area (Å²) in [5.74, 6) is 0.483. The fourth-order valence-electron chi connectivity index (χ4n) is 1.72. The zero-order valence-electron chi connectivity index (χ0n) is 10.8. The molecule has 2 rings (SSSR count). The Morgan fingerprint density at radius 1 is 1.10 bits per heavy atom. The van der Waals surface area contributed by atoms with Crippen LogP contribution in [0.1, 0.15) is 15.9 Å². The third-order valence-corrected chi connectivity index (χ3v) is 2.71. The van der Waals surface area contributed by atoms with Crippen LogP contribution < -0.4 is 4.74 Å². The van der Waals surface area contributed by atoms with Crippen molar-refractivity contribution in [2.24, 2.45) is 0 Å². The average Bonchev–Trinajstić information content (AvgIpc) is 2.52. The quantitative estimate of drug-likeness (QED) is 0.613. The molecule has 0 aliphatic heterocycles. The fourth-order valence-corrected chi connectivity index (χ4v) is 1.72. The number of aldehydes is 1. The second kappa shape index (κ2) is 6.91. The zero-order chi connectivity index (χ0) is 14.2. The molecule has 0 amide bonds. The molecule has 2 aromatic carbocycles. The van der Waals surface area contributed by atoms with Crippen LogP contribution in [-0.4, -0.2) is 12.9 Å². The van der Waals surface area contributed by atoms with Crippen molar-refractivity contribution >= 4 is 12.4 Å². The van der Waals surface area contributed by atoms with Gasteiger partial charge in [0, 0.05) is 0 Å². The fraction of sp³-hybridized carbons (Fsp3) is 0.0588. The Labute approximate surface area is 117 Å². The Bertz CT molecular complexity index is 654. The molecule has 0 bridgehead atoms. The number of benzene rings is 2. The largest absolute Gasteiger partial charge is 0.487 e.